The quantitative estimate of drug-likeness (QED) is 0.130. The van der Waals surface area contributed by atoms with Gasteiger partial charge in [0.2, 0.25) is 0 Å². The predicted octanol–water partition coefficient (Wildman–Crippen LogP) is 8.24. The van der Waals surface area contributed by atoms with Gasteiger partial charge in [0.25, 0.3) is 0 Å². The van der Waals surface area contributed by atoms with Crippen LogP contribution in [0.2, 0.25) is 0 Å². The molecule has 4 aromatic carbocycles. The molecule has 236 valence electrons. The molecule has 6 rings (SSSR count). The van der Waals surface area contributed by atoms with Crippen LogP contribution in [0.1, 0.15) is 21.6 Å². The highest BCUT2D eigenvalue weighted by Crippen LogP contribution is 2.52. The molecule has 0 spiro atoms. The number of carbonyl (C=O) groups excluding carboxylic acids is 1. The summed E-state index contributed by atoms with van der Waals surface area (Å²) in [6.45, 7) is 0.973. The number of carbonyl (C=O) groups is 1. The first-order valence-electron chi connectivity index (χ1n) is 14.7. The molecule has 9 heteroatoms. The monoisotopic (exact) mass is 683 g/mol. The molecule has 0 amide bonds. The topological polar surface area (TPSA) is 77.4 Å². The van der Waals surface area contributed by atoms with Crippen molar-refractivity contribution in [3.63, 3.8) is 0 Å². The summed E-state index contributed by atoms with van der Waals surface area (Å²) in [7, 11) is 8.07. The number of methoxy groups -OCH3 is 5. The molecule has 0 aliphatic carbocycles. The van der Waals surface area contributed by atoms with Crippen LogP contribution in [0, 0.1) is 0 Å². The van der Waals surface area contributed by atoms with Crippen LogP contribution in [0.25, 0.3) is 33.5 Å². The molecular weight excluding hydrogens is 650 g/mol. The van der Waals surface area contributed by atoms with Gasteiger partial charge in [0.1, 0.15) is 6.61 Å². The summed E-state index contributed by atoms with van der Waals surface area (Å²) in [6.07, 6.45) is 1.63. The van der Waals surface area contributed by atoms with E-state index in [2.05, 4.69) is 20.5 Å². The molecule has 0 radical (unpaired) electrons. The highest BCUT2D eigenvalue weighted by Gasteiger charge is 2.32. The second kappa shape index (κ2) is 13.2. The van der Waals surface area contributed by atoms with Crippen molar-refractivity contribution >= 4 is 22.2 Å². The molecule has 0 atom stereocenters. The van der Waals surface area contributed by atoms with Gasteiger partial charge >= 0.3 is 0 Å². The van der Waals surface area contributed by atoms with Crippen LogP contribution in [0.5, 0.6) is 34.5 Å². The molecule has 8 nitrogen and oxygen atoms in total. The molecule has 1 aromatic heterocycles. The van der Waals surface area contributed by atoms with Crippen molar-refractivity contribution < 1.29 is 33.2 Å². The molecule has 5 aromatic rings. The Kier molecular flexibility index (Phi) is 8.94. The van der Waals surface area contributed by atoms with E-state index >= 15 is 0 Å². The van der Waals surface area contributed by atoms with E-state index in [4.69, 9.17) is 28.4 Å². The largest absolute Gasteiger partial charge is 0.493 e. The summed E-state index contributed by atoms with van der Waals surface area (Å²) in [5.41, 5.74) is 7.75. The van der Waals surface area contributed by atoms with Crippen molar-refractivity contribution in [1.82, 2.24) is 4.57 Å². The van der Waals surface area contributed by atoms with Crippen LogP contribution in [-0.2, 0) is 19.6 Å². The first-order chi connectivity index (χ1) is 22.5. The van der Waals surface area contributed by atoms with Gasteiger partial charge in [-0.15, -0.1) is 0 Å². The Labute approximate surface area is 276 Å². The van der Waals surface area contributed by atoms with Crippen LogP contribution in [0.3, 0.4) is 0 Å². The van der Waals surface area contributed by atoms with Crippen LogP contribution in [0.15, 0.2) is 77.3 Å². The molecular formula is C37H34BrNO7. The molecule has 0 saturated carbocycles. The normalized spacial score (nSPS) is 11.7. The molecule has 1 aliphatic heterocycles. The number of benzene rings is 4. The van der Waals surface area contributed by atoms with E-state index in [0.717, 1.165) is 55.4 Å². The third-order valence-electron chi connectivity index (χ3n) is 8.32. The van der Waals surface area contributed by atoms with E-state index in [1.54, 1.807) is 35.5 Å². The van der Waals surface area contributed by atoms with Crippen molar-refractivity contribution in [3.8, 4) is 68.0 Å². The van der Waals surface area contributed by atoms with Gasteiger partial charge < -0.3 is 33.0 Å². The number of halogens is 1. The standard InChI is InChI=1S/C37H34BrNO7/c1-41-29-12-11-24(16-30(29)42-2)35-36(26-18-33(45-5)34(19-27(26)38)46-21-22-9-7-6-8-10-22)28(20-40)39-14-13-23-15-31(43-3)32(44-4)17-25(23)37(35)39/h6-12,15-20H,13-14,21H2,1-5H3. The number of hydrogen-bond donors (Lipinski definition) is 0. The van der Waals surface area contributed by atoms with Gasteiger partial charge in [0.05, 0.1) is 46.9 Å². The second-order valence-corrected chi connectivity index (χ2v) is 11.5. The second-order valence-electron chi connectivity index (χ2n) is 10.7. The number of fused-ring (bicyclic) bond motifs is 3. The molecule has 2 heterocycles. The lowest BCUT2D eigenvalue weighted by Crippen LogP contribution is -2.13. The van der Waals surface area contributed by atoms with Crippen molar-refractivity contribution in [2.24, 2.45) is 0 Å². The van der Waals surface area contributed by atoms with E-state index in [0.29, 0.717) is 59.8 Å². The number of aryl methyl sites for hydroxylation is 1. The third-order valence-corrected chi connectivity index (χ3v) is 8.97. The van der Waals surface area contributed by atoms with Gasteiger partial charge in [-0.05, 0) is 59.5 Å². The smallest absolute Gasteiger partial charge is 0.167 e. The number of aldehydes is 1. The fourth-order valence-corrected chi connectivity index (χ4v) is 6.65. The third kappa shape index (κ3) is 5.45. The molecule has 0 unspecified atom stereocenters. The minimum absolute atomic E-state index is 0.377. The van der Waals surface area contributed by atoms with E-state index in [1.807, 2.05) is 72.8 Å². The van der Waals surface area contributed by atoms with E-state index < -0.39 is 0 Å². The van der Waals surface area contributed by atoms with E-state index in [-0.39, 0.29) is 0 Å². The first-order valence-corrected chi connectivity index (χ1v) is 15.5. The Morgan fingerprint density at radius 2 is 1.33 bits per heavy atom. The lowest BCUT2D eigenvalue weighted by atomic mass is 9.89. The Morgan fingerprint density at radius 1 is 0.696 bits per heavy atom. The van der Waals surface area contributed by atoms with Crippen LogP contribution < -0.4 is 28.4 Å². The molecule has 0 fully saturated rings. The minimum atomic E-state index is 0.377. The minimum Gasteiger partial charge on any atom is -0.493 e. The lowest BCUT2D eigenvalue weighted by molar-refractivity contribution is 0.111. The molecule has 0 saturated heterocycles. The molecule has 1 aliphatic rings. The zero-order valence-corrected chi connectivity index (χ0v) is 27.9. The first kappa shape index (κ1) is 31.1. The summed E-state index contributed by atoms with van der Waals surface area (Å²) in [5, 5.41) is 0. The van der Waals surface area contributed by atoms with Crippen molar-refractivity contribution in [1.29, 1.82) is 0 Å². The summed E-state index contributed by atoms with van der Waals surface area (Å²) >= 11 is 3.82. The Morgan fingerprint density at radius 3 is 2.00 bits per heavy atom. The predicted molar refractivity (Wildman–Crippen MR) is 181 cm³/mol. The molecule has 0 N–H and O–H groups in total. The Balaban J connectivity index is 1.62. The summed E-state index contributed by atoms with van der Waals surface area (Å²) in [6, 6.07) is 23.5. The summed E-state index contributed by atoms with van der Waals surface area (Å²) in [5.74, 6) is 3.55. The number of rotatable bonds is 11. The average molecular weight is 685 g/mol. The summed E-state index contributed by atoms with van der Waals surface area (Å²) < 4.78 is 37.5. The number of aromatic nitrogens is 1. The van der Waals surface area contributed by atoms with Crippen molar-refractivity contribution in [3.05, 3.63) is 94.1 Å². The van der Waals surface area contributed by atoms with Crippen molar-refractivity contribution in [2.75, 3.05) is 35.5 Å². The van der Waals surface area contributed by atoms with Crippen LogP contribution in [-0.4, -0.2) is 46.4 Å². The van der Waals surface area contributed by atoms with Gasteiger partial charge in [-0.2, -0.15) is 0 Å². The average Bonchev–Trinajstić information content (AvgIpc) is 3.44. The Hall–Kier alpha value is -4.89. The summed E-state index contributed by atoms with van der Waals surface area (Å²) in [4.78, 5) is 13.1. The zero-order valence-electron chi connectivity index (χ0n) is 26.3. The van der Waals surface area contributed by atoms with Gasteiger partial charge in [0, 0.05) is 33.3 Å². The van der Waals surface area contributed by atoms with Crippen molar-refractivity contribution in [2.45, 2.75) is 19.6 Å². The van der Waals surface area contributed by atoms with E-state index in [9.17, 15) is 4.79 Å². The number of ether oxygens (including phenoxy) is 6. The van der Waals surface area contributed by atoms with E-state index in [1.165, 1.54) is 0 Å². The lowest BCUT2D eigenvalue weighted by Gasteiger charge is -2.23. The molecule has 0 bridgehead atoms. The molecule has 46 heavy (non-hydrogen) atoms. The van der Waals surface area contributed by atoms with Gasteiger partial charge in [-0.25, -0.2) is 0 Å². The van der Waals surface area contributed by atoms with Gasteiger partial charge in [-0.1, -0.05) is 52.3 Å². The SMILES string of the molecule is COc1ccc(-c2c(-c3cc(OC)c(OCc4ccccc4)cc3Br)c(C=O)n3c2-c2cc(OC)c(OC)cc2CC3)cc1OC. The fourth-order valence-electron chi connectivity index (χ4n) is 6.13. The maximum absolute atomic E-state index is 13.1. The van der Waals surface area contributed by atoms with Crippen LogP contribution in [0.4, 0.5) is 0 Å². The fraction of sp³-hybridized carbons (Fsp3) is 0.216. The van der Waals surface area contributed by atoms with Gasteiger partial charge in [0.15, 0.2) is 40.8 Å². The Bertz CT molecular complexity index is 1920. The van der Waals surface area contributed by atoms with Gasteiger partial charge in [-0.3, -0.25) is 4.79 Å². The highest BCUT2D eigenvalue weighted by molar-refractivity contribution is 9.10. The highest BCUT2D eigenvalue weighted by atomic mass is 79.9. The number of hydrogen-bond acceptors (Lipinski definition) is 7. The number of nitrogens with zero attached hydrogens (tertiary/aromatic N) is 1. The maximum atomic E-state index is 13.1. The zero-order chi connectivity index (χ0) is 32.4. The van der Waals surface area contributed by atoms with Crippen LogP contribution >= 0.6 is 15.9 Å². The maximum Gasteiger partial charge on any atom is 0.167 e.